The summed E-state index contributed by atoms with van der Waals surface area (Å²) in [6.45, 7) is 1.34. The molecule has 1 heterocycles. The summed E-state index contributed by atoms with van der Waals surface area (Å²) in [4.78, 5) is 16.0. The minimum atomic E-state index is -0.601. The molecule has 6 heteroatoms. The number of benzene rings is 1. The van der Waals surface area contributed by atoms with Gasteiger partial charge in [0.25, 0.3) is 5.88 Å². The number of esters is 1. The molecule has 2 N–H and O–H groups in total. The Morgan fingerprint density at radius 3 is 2.58 bits per heavy atom. The second-order valence-corrected chi connectivity index (χ2v) is 3.84. The first-order valence-corrected chi connectivity index (χ1v) is 5.57. The van der Waals surface area contributed by atoms with E-state index in [2.05, 4.69) is 0 Å². The van der Waals surface area contributed by atoms with Crippen LogP contribution < -0.4 is 9.57 Å². The van der Waals surface area contributed by atoms with E-state index in [1.54, 1.807) is 0 Å². The lowest BCUT2D eigenvalue weighted by Gasteiger charge is -2.08. The summed E-state index contributed by atoms with van der Waals surface area (Å²) in [6.07, 6.45) is 0. The number of ether oxygens (including phenoxy) is 1. The van der Waals surface area contributed by atoms with Crippen LogP contribution in [0.2, 0.25) is 0 Å². The van der Waals surface area contributed by atoms with Crippen molar-refractivity contribution in [3.8, 4) is 17.5 Å². The second kappa shape index (κ2) is 5.34. The lowest BCUT2D eigenvalue weighted by atomic mass is 10.2. The smallest absolute Gasteiger partial charge is 0.308 e. The predicted octanol–water partition coefficient (Wildman–Crippen LogP) is 1.45. The fourth-order valence-electron chi connectivity index (χ4n) is 1.52. The number of hydrogen-bond donors (Lipinski definition) is 2. The number of hydrogen-bond acceptors (Lipinski definition) is 5. The van der Waals surface area contributed by atoms with Crippen molar-refractivity contribution in [1.29, 1.82) is 0 Å². The van der Waals surface area contributed by atoms with E-state index in [0.29, 0.717) is 0 Å². The number of carbonyl (C=O) groups is 1. The third-order valence-corrected chi connectivity index (χ3v) is 2.34. The summed E-state index contributed by atoms with van der Waals surface area (Å²) in [6, 6.07) is 10.3. The number of nitrogens with zero attached hydrogens (tertiary/aromatic N) is 1. The Labute approximate surface area is 109 Å². The van der Waals surface area contributed by atoms with Crippen molar-refractivity contribution in [3.63, 3.8) is 0 Å². The highest BCUT2D eigenvalue weighted by Gasteiger charge is 2.17. The van der Waals surface area contributed by atoms with E-state index >= 15 is 0 Å². The van der Waals surface area contributed by atoms with Gasteiger partial charge in [-0.2, -0.15) is 0 Å². The summed E-state index contributed by atoms with van der Waals surface area (Å²) in [5, 5.41) is 19.3. The Morgan fingerprint density at radius 1 is 1.26 bits per heavy atom. The van der Waals surface area contributed by atoms with Gasteiger partial charge in [0, 0.05) is 6.92 Å². The molecule has 0 aliphatic carbocycles. The monoisotopic (exact) mass is 263 g/mol. The van der Waals surface area contributed by atoms with Gasteiger partial charge in [-0.25, -0.2) is 0 Å². The van der Waals surface area contributed by atoms with Gasteiger partial charge in [-0.15, -0.1) is 4.73 Å². The van der Waals surface area contributed by atoms with Gasteiger partial charge in [-0.05, 0) is 5.56 Å². The Morgan fingerprint density at radius 2 is 1.95 bits per heavy atom. The Hall–Kier alpha value is -2.63. The molecule has 2 aromatic rings. The maximum absolute atomic E-state index is 10.8. The average Bonchev–Trinajstić information content (AvgIpc) is 2.63. The van der Waals surface area contributed by atoms with Crippen LogP contribution in [-0.4, -0.2) is 20.9 Å². The van der Waals surface area contributed by atoms with Gasteiger partial charge in [0.1, 0.15) is 6.61 Å². The van der Waals surface area contributed by atoms with Gasteiger partial charge in [0.05, 0.1) is 6.07 Å². The fraction of sp³-hybridized carbons (Fsp3) is 0.154. The molecule has 100 valence electrons. The molecule has 0 radical (unpaired) electrons. The Balaban J connectivity index is 2.12. The SMILES string of the molecule is CC(=O)Oc1cc(O)n(OCc2ccccc2)c1O. The molecule has 0 aliphatic rings. The van der Waals surface area contributed by atoms with E-state index in [1.165, 1.54) is 6.92 Å². The number of carbonyl (C=O) groups excluding carboxylic acids is 1. The van der Waals surface area contributed by atoms with Crippen molar-refractivity contribution in [1.82, 2.24) is 4.73 Å². The van der Waals surface area contributed by atoms with Crippen molar-refractivity contribution in [2.75, 3.05) is 0 Å². The quantitative estimate of drug-likeness (QED) is 0.816. The molecule has 0 fully saturated rings. The van der Waals surface area contributed by atoms with Gasteiger partial charge >= 0.3 is 5.97 Å². The first kappa shape index (κ1) is 12.8. The molecular formula is C13H13NO5. The molecule has 1 aromatic carbocycles. The molecule has 0 spiro atoms. The molecule has 0 aliphatic heterocycles. The maximum atomic E-state index is 10.8. The number of rotatable bonds is 4. The number of aromatic hydroxyl groups is 2. The highest BCUT2D eigenvalue weighted by molar-refractivity contribution is 5.70. The molecule has 0 bridgehead atoms. The molecule has 0 saturated carbocycles. The molecule has 0 unspecified atom stereocenters. The van der Waals surface area contributed by atoms with Gasteiger partial charge in [-0.3, -0.25) is 4.79 Å². The van der Waals surface area contributed by atoms with Crippen LogP contribution in [0, 0.1) is 0 Å². The van der Waals surface area contributed by atoms with E-state index in [0.717, 1.165) is 16.4 Å². The molecular weight excluding hydrogens is 250 g/mol. The Bertz CT molecular complexity index is 576. The van der Waals surface area contributed by atoms with Crippen LogP contribution in [0.4, 0.5) is 0 Å². The largest absolute Gasteiger partial charge is 0.492 e. The second-order valence-electron chi connectivity index (χ2n) is 3.84. The number of aromatic nitrogens is 1. The van der Waals surface area contributed by atoms with E-state index in [9.17, 15) is 15.0 Å². The third kappa shape index (κ3) is 2.98. The van der Waals surface area contributed by atoms with Gasteiger partial charge < -0.3 is 19.8 Å². The summed E-state index contributed by atoms with van der Waals surface area (Å²) in [5.74, 6) is -1.58. The molecule has 6 nitrogen and oxygen atoms in total. The van der Waals surface area contributed by atoms with Crippen molar-refractivity contribution >= 4 is 5.97 Å². The molecule has 0 saturated heterocycles. The molecule has 1 aromatic heterocycles. The van der Waals surface area contributed by atoms with E-state index in [-0.39, 0.29) is 18.2 Å². The third-order valence-electron chi connectivity index (χ3n) is 2.34. The standard InChI is InChI=1S/C13H13NO5/c1-9(15)19-11-7-12(16)14(13(11)17)18-8-10-5-3-2-4-6-10/h2-7,16-17H,8H2,1H3. The minimum absolute atomic E-state index is 0.149. The van der Waals surface area contributed by atoms with Gasteiger partial charge in [0.2, 0.25) is 5.88 Å². The Kier molecular flexibility index (Phi) is 3.61. The van der Waals surface area contributed by atoms with Crippen molar-refractivity contribution in [2.24, 2.45) is 0 Å². The molecule has 2 rings (SSSR count). The van der Waals surface area contributed by atoms with Gasteiger partial charge in [-0.1, -0.05) is 30.3 Å². The predicted molar refractivity (Wildman–Crippen MR) is 65.8 cm³/mol. The lowest BCUT2D eigenvalue weighted by molar-refractivity contribution is -0.132. The van der Waals surface area contributed by atoms with Crippen LogP contribution in [0.3, 0.4) is 0 Å². The fourth-order valence-corrected chi connectivity index (χ4v) is 1.52. The van der Waals surface area contributed by atoms with E-state index in [1.807, 2.05) is 30.3 Å². The van der Waals surface area contributed by atoms with Crippen molar-refractivity contribution in [2.45, 2.75) is 13.5 Å². The maximum Gasteiger partial charge on any atom is 0.308 e. The molecule has 0 atom stereocenters. The van der Waals surface area contributed by atoms with Crippen LogP contribution >= 0.6 is 0 Å². The first-order chi connectivity index (χ1) is 9.08. The van der Waals surface area contributed by atoms with E-state index in [4.69, 9.17) is 9.57 Å². The van der Waals surface area contributed by atoms with Crippen LogP contribution in [-0.2, 0) is 11.4 Å². The average molecular weight is 263 g/mol. The summed E-state index contributed by atoms with van der Waals surface area (Å²) in [7, 11) is 0. The minimum Gasteiger partial charge on any atom is -0.492 e. The topological polar surface area (TPSA) is 80.9 Å². The van der Waals surface area contributed by atoms with Crippen molar-refractivity contribution < 1.29 is 24.6 Å². The van der Waals surface area contributed by atoms with Crippen LogP contribution in [0.1, 0.15) is 12.5 Å². The van der Waals surface area contributed by atoms with Crippen molar-refractivity contribution in [3.05, 3.63) is 42.0 Å². The zero-order chi connectivity index (χ0) is 13.8. The van der Waals surface area contributed by atoms with Crippen LogP contribution in [0.25, 0.3) is 0 Å². The summed E-state index contributed by atoms with van der Waals surface area (Å²) < 4.78 is 5.51. The molecule has 19 heavy (non-hydrogen) atoms. The normalized spacial score (nSPS) is 10.2. The first-order valence-electron chi connectivity index (χ1n) is 5.57. The summed E-state index contributed by atoms with van der Waals surface area (Å²) >= 11 is 0. The van der Waals surface area contributed by atoms with Crippen LogP contribution in [0.5, 0.6) is 17.5 Å². The zero-order valence-corrected chi connectivity index (χ0v) is 10.2. The van der Waals surface area contributed by atoms with Gasteiger partial charge in [0.15, 0.2) is 5.75 Å². The highest BCUT2D eigenvalue weighted by Crippen LogP contribution is 2.33. The lowest BCUT2D eigenvalue weighted by Crippen LogP contribution is -2.10. The zero-order valence-electron chi connectivity index (χ0n) is 10.2. The van der Waals surface area contributed by atoms with E-state index < -0.39 is 11.8 Å². The molecule has 0 amide bonds. The van der Waals surface area contributed by atoms with Crippen LogP contribution in [0.15, 0.2) is 36.4 Å². The highest BCUT2D eigenvalue weighted by atomic mass is 16.7. The summed E-state index contributed by atoms with van der Waals surface area (Å²) in [5.41, 5.74) is 0.865.